The molecule has 1 heterocycles. The van der Waals surface area contributed by atoms with Gasteiger partial charge in [-0.3, -0.25) is 14.4 Å². The van der Waals surface area contributed by atoms with Gasteiger partial charge in [0.15, 0.2) is 0 Å². The lowest BCUT2D eigenvalue weighted by Crippen LogP contribution is -2.58. The fourth-order valence-electron chi connectivity index (χ4n) is 4.06. The first kappa shape index (κ1) is 30.2. The second kappa shape index (κ2) is 14.0. The summed E-state index contributed by atoms with van der Waals surface area (Å²) in [6.07, 6.45) is 2.52. The number of carbonyl (C=O) groups is 4. The van der Waals surface area contributed by atoms with Gasteiger partial charge in [0.1, 0.15) is 18.1 Å². The highest BCUT2D eigenvalue weighted by Crippen LogP contribution is 2.19. The van der Waals surface area contributed by atoms with Crippen molar-refractivity contribution >= 4 is 47.2 Å². The van der Waals surface area contributed by atoms with Gasteiger partial charge in [0.25, 0.3) is 0 Å². The average Bonchev–Trinajstić information content (AvgIpc) is 3.23. The molecule has 1 aromatic heterocycles. The van der Waals surface area contributed by atoms with E-state index in [1.807, 2.05) is 52.0 Å². The van der Waals surface area contributed by atoms with Crippen LogP contribution in [0.2, 0.25) is 0 Å². The standard InChI is InChI=1S/C26H39N5O5S/c1-14(2)9-18(27)23(32)31-22(13-37)25(34)29-20(10-15(3)4)24(33)30-21(26(35)36)11-16-12-28-19-8-6-5-7-17(16)19/h5-8,12,14-15,18,20-22,28,37H,9-11,13,27H2,1-4H3,(H,29,34)(H,30,33)(H,31,32)(H,35,36). The van der Waals surface area contributed by atoms with Crippen molar-refractivity contribution in [2.75, 3.05) is 5.75 Å². The second-order valence-corrected chi connectivity index (χ2v) is 10.5. The maximum Gasteiger partial charge on any atom is 0.326 e. The third-order valence-corrected chi connectivity index (χ3v) is 6.30. The number of para-hydroxylation sites is 1. The second-order valence-electron chi connectivity index (χ2n) is 10.1. The minimum absolute atomic E-state index is 0.000302. The number of thiol groups is 1. The van der Waals surface area contributed by atoms with Gasteiger partial charge in [0, 0.05) is 29.3 Å². The number of benzene rings is 1. The van der Waals surface area contributed by atoms with E-state index in [0.717, 1.165) is 16.5 Å². The SMILES string of the molecule is CC(C)CC(N)C(=O)NC(CS)C(=O)NC(CC(C)C)C(=O)NC(Cc1c[nH]c2ccccc12)C(=O)O. The van der Waals surface area contributed by atoms with E-state index in [0.29, 0.717) is 6.42 Å². The summed E-state index contributed by atoms with van der Waals surface area (Å²) < 4.78 is 0. The number of aromatic nitrogens is 1. The van der Waals surface area contributed by atoms with Crippen LogP contribution < -0.4 is 21.7 Å². The van der Waals surface area contributed by atoms with E-state index >= 15 is 0 Å². The summed E-state index contributed by atoms with van der Waals surface area (Å²) in [4.78, 5) is 53.6. The molecular formula is C26H39N5O5S. The molecule has 204 valence electrons. The molecule has 1 aromatic carbocycles. The Kier molecular flexibility index (Phi) is 11.4. The summed E-state index contributed by atoms with van der Waals surface area (Å²) in [7, 11) is 0. The van der Waals surface area contributed by atoms with Crippen LogP contribution in [-0.4, -0.2) is 63.7 Å². The van der Waals surface area contributed by atoms with Crippen LogP contribution in [0.25, 0.3) is 10.9 Å². The Bertz CT molecular complexity index is 1090. The maximum atomic E-state index is 13.2. The molecule has 4 atom stereocenters. The van der Waals surface area contributed by atoms with E-state index in [4.69, 9.17) is 5.73 Å². The molecule has 0 radical (unpaired) electrons. The first-order valence-corrected chi connectivity index (χ1v) is 13.1. The minimum atomic E-state index is -1.20. The number of aromatic amines is 1. The number of fused-ring (bicyclic) bond motifs is 1. The van der Waals surface area contributed by atoms with Gasteiger partial charge in [-0.1, -0.05) is 45.9 Å². The van der Waals surface area contributed by atoms with Crippen molar-refractivity contribution < 1.29 is 24.3 Å². The van der Waals surface area contributed by atoms with E-state index in [1.165, 1.54) is 0 Å². The third kappa shape index (κ3) is 9.08. The quantitative estimate of drug-likeness (QED) is 0.182. The number of carbonyl (C=O) groups excluding carboxylic acids is 3. The van der Waals surface area contributed by atoms with Crippen LogP contribution in [0.5, 0.6) is 0 Å². The lowest BCUT2D eigenvalue weighted by atomic mass is 10.0. The van der Waals surface area contributed by atoms with Gasteiger partial charge in [-0.25, -0.2) is 4.79 Å². The number of amides is 3. The number of nitrogens with one attached hydrogen (secondary N) is 4. The number of H-pyrrole nitrogens is 1. The molecule has 0 bridgehead atoms. The Balaban J connectivity index is 2.11. The van der Waals surface area contributed by atoms with Crippen molar-refractivity contribution in [1.29, 1.82) is 0 Å². The summed E-state index contributed by atoms with van der Waals surface area (Å²) in [6, 6.07) is 3.51. The zero-order valence-electron chi connectivity index (χ0n) is 21.8. The number of aliphatic carboxylic acids is 1. The molecule has 2 aromatic rings. The molecule has 0 spiro atoms. The molecule has 0 saturated heterocycles. The largest absolute Gasteiger partial charge is 0.480 e. The van der Waals surface area contributed by atoms with Crippen molar-refractivity contribution in [3.63, 3.8) is 0 Å². The molecule has 11 heteroatoms. The van der Waals surface area contributed by atoms with Gasteiger partial charge >= 0.3 is 5.97 Å². The summed E-state index contributed by atoms with van der Waals surface area (Å²) in [5.41, 5.74) is 7.54. The Morgan fingerprint density at radius 1 is 0.892 bits per heavy atom. The van der Waals surface area contributed by atoms with Crippen molar-refractivity contribution in [3.8, 4) is 0 Å². The van der Waals surface area contributed by atoms with Gasteiger partial charge in [-0.2, -0.15) is 12.6 Å². The highest BCUT2D eigenvalue weighted by atomic mass is 32.1. The van der Waals surface area contributed by atoms with E-state index < -0.39 is 47.9 Å². The smallest absolute Gasteiger partial charge is 0.326 e. The molecule has 0 aliphatic rings. The summed E-state index contributed by atoms with van der Waals surface area (Å²) in [5.74, 6) is -2.64. The van der Waals surface area contributed by atoms with Crippen molar-refractivity contribution in [2.45, 2.75) is 71.1 Å². The monoisotopic (exact) mass is 533 g/mol. The van der Waals surface area contributed by atoms with Gasteiger partial charge in [0.2, 0.25) is 17.7 Å². The molecule has 37 heavy (non-hydrogen) atoms. The minimum Gasteiger partial charge on any atom is -0.480 e. The van der Waals surface area contributed by atoms with Crippen molar-refractivity contribution in [3.05, 3.63) is 36.0 Å². The highest BCUT2D eigenvalue weighted by Gasteiger charge is 2.30. The number of nitrogens with two attached hydrogens (primary N) is 1. The van der Waals surface area contributed by atoms with Gasteiger partial charge in [-0.15, -0.1) is 0 Å². The van der Waals surface area contributed by atoms with Crippen LogP contribution in [0.1, 0.15) is 46.1 Å². The lowest BCUT2D eigenvalue weighted by Gasteiger charge is -2.25. The molecule has 0 fully saturated rings. The Labute approximate surface area is 222 Å². The number of hydrogen-bond donors (Lipinski definition) is 7. The first-order chi connectivity index (χ1) is 17.4. The third-order valence-electron chi connectivity index (χ3n) is 5.93. The Morgan fingerprint density at radius 2 is 1.46 bits per heavy atom. The van der Waals surface area contributed by atoms with Gasteiger partial charge in [0.05, 0.1) is 6.04 Å². The van der Waals surface area contributed by atoms with Crippen LogP contribution in [0.3, 0.4) is 0 Å². The van der Waals surface area contributed by atoms with Crippen LogP contribution in [0.15, 0.2) is 30.5 Å². The summed E-state index contributed by atoms with van der Waals surface area (Å²) in [6.45, 7) is 7.65. The fourth-order valence-corrected chi connectivity index (χ4v) is 4.31. The van der Waals surface area contributed by atoms with E-state index in [9.17, 15) is 24.3 Å². The van der Waals surface area contributed by atoms with Gasteiger partial charge in [-0.05, 0) is 36.3 Å². The molecule has 7 N–H and O–H groups in total. The van der Waals surface area contributed by atoms with Crippen LogP contribution in [-0.2, 0) is 25.6 Å². The molecule has 4 unspecified atom stereocenters. The maximum absolute atomic E-state index is 13.2. The highest BCUT2D eigenvalue weighted by molar-refractivity contribution is 7.80. The van der Waals surface area contributed by atoms with Crippen LogP contribution in [0.4, 0.5) is 0 Å². The molecule has 3 amide bonds. The predicted molar refractivity (Wildman–Crippen MR) is 146 cm³/mol. The summed E-state index contributed by atoms with van der Waals surface area (Å²) >= 11 is 4.18. The van der Waals surface area contributed by atoms with Crippen molar-refractivity contribution in [1.82, 2.24) is 20.9 Å². The predicted octanol–water partition coefficient (Wildman–Crippen LogP) is 1.60. The first-order valence-electron chi connectivity index (χ1n) is 12.5. The summed E-state index contributed by atoms with van der Waals surface area (Å²) in [5, 5.41) is 18.5. The van der Waals surface area contributed by atoms with Crippen LogP contribution >= 0.6 is 12.6 Å². The average molecular weight is 534 g/mol. The zero-order valence-corrected chi connectivity index (χ0v) is 22.7. The van der Waals surface area contributed by atoms with Crippen LogP contribution in [0, 0.1) is 11.8 Å². The molecule has 0 saturated carbocycles. The van der Waals surface area contributed by atoms with Crippen molar-refractivity contribution in [2.24, 2.45) is 17.6 Å². The number of carboxylic acid groups (broad SMARTS) is 1. The zero-order chi connectivity index (χ0) is 27.7. The van der Waals surface area contributed by atoms with E-state index in [1.54, 1.807) is 6.20 Å². The van der Waals surface area contributed by atoms with Gasteiger partial charge < -0.3 is 31.8 Å². The molecular weight excluding hydrogens is 494 g/mol. The Morgan fingerprint density at radius 3 is 2.05 bits per heavy atom. The lowest BCUT2D eigenvalue weighted by molar-refractivity contribution is -0.142. The van der Waals surface area contributed by atoms with E-state index in [-0.39, 0.29) is 30.4 Å². The number of rotatable bonds is 14. The Hall–Kier alpha value is -3.05. The number of carboxylic acids is 1. The normalized spacial score (nSPS) is 14.7. The molecule has 10 nitrogen and oxygen atoms in total. The number of hydrogen-bond acceptors (Lipinski definition) is 6. The molecule has 0 aliphatic carbocycles. The molecule has 0 aliphatic heterocycles. The van der Waals surface area contributed by atoms with E-state index in [2.05, 4.69) is 33.6 Å². The molecule has 2 rings (SSSR count). The fraction of sp³-hybridized carbons (Fsp3) is 0.538. The topological polar surface area (TPSA) is 166 Å².